The van der Waals surface area contributed by atoms with Crippen molar-refractivity contribution in [1.29, 1.82) is 0 Å². The van der Waals surface area contributed by atoms with Crippen molar-refractivity contribution in [3.8, 4) is 0 Å². The second kappa shape index (κ2) is 3.75. The summed E-state index contributed by atoms with van der Waals surface area (Å²) in [5.41, 5.74) is 0.589. The quantitative estimate of drug-likeness (QED) is 0.873. The Kier molecular flexibility index (Phi) is 2.55. The lowest BCUT2D eigenvalue weighted by molar-refractivity contribution is 0.0688. The van der Waals surface area contributed by atoms with E-state index in [1.807, 2.05) is 13.8 Å². The molecule has 16 heavy (non-hydrogen) atoms. The number of hydrogen-bond acceptors (Lipinski definition) is 3. The summed E-state index contributed by atoms with van der Waals surface area (Å²) >= 11 is 5.89. The van der Waals surface area contributed by atoms with E-state index in [1.54, 1.807) is 0 Å². The number of halogens is 1. The molecule has 0 bridgehead atoms. The molecule has 0 atom stereocenters. The minimum absolute atomic E-state index is 0.0700. The van der Waals surface area contributed by atoms with E-state index < -0.39 is 5.97 Å². The molecule has 0 aliphatic carbocycles. The number of rotatable bonds is 2. The number of hydrogen-bond donors (Lipinski definition) is 1. The molecule has 2 aromatic rings. The summed E-state index contributed by atoms with van der Waals surface area (Å²) in [7, 11) is 0. The average molecular weight is 240 g/mol. The summed E-state index contributed by atoms with van der Waals surface area (Å²) in [4.78, 5) is 19.1. The fourth-order valence-electron chi connectivity index (χ4n) is 1.56. The Morgan fingerprint density at radius 3 is 2.69 bits per heavy atom. The molecule has 2 rings (SSSR count). The maximum atomic E-state index is 11.1. The Labute approximate surface area is 96.7 Å². The number of imidazole rings is 1. The van der Waals surface area contributed by atoms with Crippen LogP contribution in [0.15, 0.2) is 12.4 Å². The normalized spacial score (nSPS) is 11.2. The number of aromatic nitrogens is 3. The van der Waals surface area contributed by atoms with Crippen molar-refractivity contribution in [3.63, 3.8) is 0 Å². The molecule has 2 heterocycles. The highest BCUT2D eigenvalue weighted by molar-refractivity contribution is 6.32. The van der Waals surface area contributed by atoms with Gasteiger partial charge >= 0.3 is 5.97 Å². The second-order valence-corrected chi connectivity index (χ2v) is 4.09. The smallest absolute Gasteiger partial charge is 0.354 e. The highest BCUT2D eigenvalue weighted by atomic mass is 35.5. The minimum atomic E-state index is -1.05. The van der Waals surface area contributed by atoms with Crippen molar-refractivity contribution < 1.29 is 9.90 Å². The standard InChI is InChI=1S/C10H10ClN3O2/c1-5(2)9-13-3-6-8(11)12-4-7(10(15)16)14(6)9/h3-5H,1-2H3,(H,15,16). The van der Waals surface area contributed by atoms with Crippen LogP contribution in [0.1, 0.15) is 36.1 Å². The molecule has 0 aromatic carbocycles. The summed E-state index contributed by atoms with van der Waals surface area (Å²) in [5, 5.41) is 9.32. The van der Waals surface area contributed by atoms with Crippen LogP contribution in [0.3, 0.4) is 0 Å². The van der Waals surface area contributed by atoms with Crippen LogP contribution in [-0.4, -0.2) is 25.4 Å². The molecule has 84 valence electrons. The van der Waals surface area contributed by atoms with E-state index >= 15 is 0 Å². The zero-order chi connectivity index (χ0) is 11.9. The largest absolute Gasteiger partial charge is 0.477 e. The van der Waals surface area contributed by atoms with Crippen LogP contribution in [-0.2, 0) is 0 Å². The van der Waals surface area contributed by atoms with E-state index in [0.717, 1.165) is 0 Å². The van der Waals surface area contributed by atoms with E-state index in [9.17, 15) is 4.79 Å². The fourth-order valence-corrected chi connectivity index (χ4v) is 1.75. The number of carbonyl (C=O) groups is 1. The number of aromatic carboxylic acids is 1. The van der Waals surface area contributed by atoms with Gasteiger partial charge in [-0.3, -0.25) is 4.40 Å². The maximum Gasteiger partial charge on any atom is 0.354 e. The number of fused-ring (bicyclic) bond motifs is 1. The Morgan fingerprint density at radius 1 is 1.44 bits per heavy atom. The summed E-state index contributed by atoms with van der Waals surface area (Å²) in [6.07, 6.45) is 2.78. The topological polar surface area (TPSA) is 67.5 Å². The van der Waals surface area contributed by atoms with Gasteiger partial charge in [0.15, 0.2) is 10.8 Å². The van der Waals surface area contributed by atoms with Gasteiger partial charge in [-0.15, -0.1) is 0 Å². The molecule has 0 spiro atoms. The van der Waals surface area contributed by atoms with Gasteiger partial charge in [-0.05, 0) is 0 Å². The van der Waals surface area contributed by atoms with E-state index in [0.29, 0.717) is 11.3 Å². The van der Waals surface area contributed by atoms with Crippen molar-refractivity contribution in [1.82, 2.24) is 14.4 Å². The lowest BCUT2D eigenvalue weighted by Gasteiger charge is -2.07. The third kappa shape index (κ3) is 1.53. The van der Waals surface area contributed by atoms with Crippen LogP contribution in [0.5, 0.6) is 0 Å². The average Bonchev–Trinajstić information content (AvgIpc) is 2.62. The van der Waals surface area contributed by atoms with Gasteiger partial charge in [-0.25, -0.2) is 14.8 Å². The van der Waals surface area contributed by atoms with Gasteiger partial charge in [0, 0.05) is 5.92 Å². The lowest BCUT2D eigenvalue weighted by Crippen LogP contribution is -2.09. The molecule has 0 aliphatic heterocycles. The van der Waals surface area contributed by atoms with E-state index in [2.05, 4.69) is 9.97 Å². The molecule has 1 N–H and O–H groups in total. The molecule has 2 aromatic heterocycles. The third-order valence-electron chi connectivity index (χ3n) is 2.28. The molecule has 5 nitrogen and oxygen atoms in total. The SMILES string of the molecule is CC(C)c1ncc2c(Cl)ncc(C(=O)O)n12. The van der Waals surface area contributed by atoms with Gasteiger partial charge in [0.1, 0.15) is 11.3 Å². The maximum absolute atomic E-state index is 11.1. The van der Waals surface area contributed by atoms with Gasteiger partial charge < -0.3 is 5.11 Å². The molecule has 0 fully saturated rings. The minimum Gasteiger partial charge on any atom is -0.477 e. The van der Waals surface area contributed by atoms with Gasteiger partial charge in [0.2, 0.25) is 0 Å². The van der Waals surface area contributed by atoms with Gasteiger partial charge in [-0.1, -0.05) is 25.4 Å². The highest BCUT2D eigenvalue weighted by Crippen LogP contribution is 2.22. The summed E-state index contributed by atoms with van der Waals surface area (Å²) in [5.74, 6) is -0.273. The molecule has 0 radical (unpaired) electrons. The molecular formula is C10H10ClN3O2. The first-order valence-electron chi connectivity index (χ1n) is 4.77. The lowest BCUT2D eigenvalue weighted by atomic mass is 10.2. The van der Waals surface area contributed by atoms with Crippen molar-refractivity contribution in [2.24, 2.45) is 0 Å². The zero-order valence-corrected chi connectivity index (χ0v) is 9.56. The predicted molar refractivity (Wildman–Crippen MR) is 59.0 cm³/mol. The summed E-state index contributed by atoms with van der Waals surface area (Å²) in [6, 6.07) is 0. The van der Waals surface area contributed by atoms with E-state index in [1.165, 1.54) is 16.8 Å². The van der Waals surface area contributed by atoms with Crippen LogP contribution in [0.25, 0.3) is 5.52 Å². The number of nitrogens with zero attached hydrogens (tertiary/aromatic N) is 3. The Balaban J connectivity index is 2.87. The molecular weight excluding hydrogens is 230 g/mol. The molecule has 0 saturated carbocycles. The summed E-state index contributed by atoms with van der Waals surface area (Å²) in [6.45, 7) is 3.88. The van der Waals surface area contributed by atoms with Crippen LogP contribution in [0.4, 0.5) is 0 Å². The molecule has 0 amide bonds. The van der Waals surface area contributed by atoms with Crippen LogP contribution < -0.4 is 0 Å². The van der Waals surface area contributed by atoms with E-state index in [-0.39, 0.29) is 16.8 Å². The Morgan fingerprint density at radius 2 is 2.12 bits per heavy atom. The van der Waals surface area contributed by atoms with Gasteiger partial charge in [-0.2, -0.15) is 0 Å². The molecule has 0 unspecified atom stereocenters. The first-order chi connectivity index (χ1) is 7.52. The Bertz CT molecular complexity index is 562. The number of carboxylic acid groups (broad SMARTS) is 1. The van der Waals surface area contributed by atoms with Crippen molar-refractivity contribution in [3.05, 3.63) is 29.1 Å². The fraction of sp³-hybridized carbons (Fsp3) is 0.300. The molecule has 0 saturated heterocycles. The van der Waals surface area contributed by atoms with Crippen LogP contribution >= 0.6 is 11.6 Å². The van der Waals surface area contributed by atoms with Crippen molar-refractivity contribution >= 4 is 23.1 Å². The zero-order valence-electron chi connectivity index (χ0n) is 8.81. The first-order valence-corrected chi connectivity index (χ1v) is 5.15. The van der Waals surface area contributed by atoms with Crippen molar-refractivity contribution in [2.75, 3.05) is 0 Å². The molecule has 0 aliphatic rings. The van der Waals surface area contributed by atoms with Gasteiger partial charge in [0.05, 0.1) is 12.4 Å². The number of carboxylic acids is 1. The first kappa shape index (κ1) is 10.9. The second-order valence-electron chi connectivity index (χ2n) is 3.73. The molecule has 6 heteroatoms. The third-order valence-corrected chi connectivity index (χ3v) is 2.57. The van der Waals surface area contributed by atoms with Crippen molar-refractivity contribution in [2.45, 2.75) is 19.8 Å². The van der Waals surface area contributed by atoms with Gasteiger partial charge in [0.25, 0.3) is 0 Å². The highest BCUT2D eigenvalue weighted by Gasteiger charge is 2.17. The summed E-state index contributed by atoms with van der Waals surface area (Å²) < 4.78 is 1.53. The monoisotopic (exact) mass is 239 g/mol. The van der Waals surface area contributed by atoms with Crippen LogP contribution in [0.2, 0.25) is 5.15 Å². The van der Waals surface area contributed by atoms with Crippen LogP contribution in [0, 0.1) is 0 Å². The predicted octanol–water partition coefficient (Wildman–Crippen LogP) is 2.20. The van der Waals surface area contributed by atoms with E-state index in [4.69, 9.17) is 16.7 Å². The Hall–Kier alpha value is -1.62.